The molecule has 3 N–H and O–H groups in total. The van der Waals surface area contributed by atoms with E-state index in [1.807, 2.05) is 0 Å². The second kappa shape index (κ2) is 5.64. The molecule has 1 aliphatic carbocycles. The monoisotopic (exact) mass is 260 g/mol. The van der Waals surface area contributed by atoms with Gasteiger partial charge in [-0.15, -0.1) is 0 Å². The van der Waals surface area contributed by atoms with Gasteiger partial charge in [0, 0.05) is 18.1 Å². The molecule has 0 aromatic heterocycles. The molecular weight excluding hydrogens is 232 g/mol. The van der Waals surface area contributed by atoms with E-state index in [0.717, 1.165) is 6.54 Å². The van der Waals surface area contributed by atoms with Crippen molar-refractivity contribution in [3.63, 3.8) is 0 Å². The fourth-order valence-electron chi connectivity index (χ4n) is 3.64. The van der Waals surface area contributed by atoms with Crippen LogP contribution in [-0.2, 0) is 0 Å². The summed E-state index contributed by atoms with van der Waals surface area (Å²) in [5, 5.41) is 3.83. The van der Waals surface area contributed by atoms with Crippen molar-refractivity contribution in [2.45, 2.75) is 58.0 Å². The van der Waals surface area contributed by atoms with Gasteiger partial charge in [0.1, 0.15) is 0 Å². The minimum atomic E-state index is 0.108. The molecule has 2 heteroatoms. The van der Waals surface area contributed by atoms with E-state index in [-0.39, 0.29) is 5.54 Å². The summed E-state index contributed by atoms with van der Waals surface area (Å²) in [5.74, 6) is 0. The highest BCUT2D eigenvalue weighted by atomic mass is 15.0. The predicted molar refractivity (Wildman–Crippen MR) is 82.0 cm³/mol. The molecule has 106 valence electrons. The maximum Gasteiger partial charge on any atom is 0.0314 e. The highest BCUT2D eigenvalue weighted by Gasteiger charge is 2.39. The van der Waals surface area contributed by atoms with Crippen LogP contribution in [-0.4, -0.2) is 12.1 Å². The topological polar surface area (TPSA) is 38.0 Å². The minimum absolute atomic E-state index is 0.108. The summed E-state index contributed by atoms with van der Waals surface area (Å²) in [6, 6.07) is 11.0. The lowest BCUT2D eigenvalue weighted by atomic mass is 9.67. The van der Waals surface area contributed by atoms with Crippen LogP contribution in [0, 0.1) is 5.41 Å². The summed E-state index contributed by atoms with van der Waals surface area (Å²) in [7, 11) is 0. The number of nitrogens with one attached hydrogen (secondary N) is 1. The molecule has 1 aromatic carbocycles. The third-order valence-electron chi connectivity index (χ3n) is 4.54. The highest BCUT2D eigenvalue weighted by molar-refractivity contribution is 5.19. The molecular formula is C17H28N2. The largest absolute Gasteiger partial charge is 0.329 e. The van der Waals surface area contributed by atoms with Crippen LogP contribution in [0.4, 0.5) is 0 Å². The Morgan fingerprint density at radius 1 is 1.21 bits per heavy atom. The Hall–Kier alpha value is -0.860. The van der Waals surface area contributed by atoms with Crippen LogP contribution < -0.4 is 11.1 Å². The zero-order chi connectivity index (χ0) is 13.9. The number of benzene rings is 1. The van der Waals surface area contributed by atoms with Crippen LogP contribution in [0.2, 0.25) is 0 Å². The molecule has 0 saturated heterocycles. The third kappa shape index (κ3) is 3.58. The number of hydrogen-bond donors (Lipinski definition) is 2. The molecule has 2 rings (SSSR count). The first-order valence-corrected chi connectivity index (χ1v) is 7.49. The Morgan fingerprint density at radius 2 is 1.89 bits per heavy atom. The summed E-state index contributed by atoms with van der Waals surface area (Å²) in [6.07, 6.45) is 4.96. The van der Waals surface area contributed by atoms with Crippen LogP contribution in [0.5, 0.6) is 0 Å². The Labute approximate surface area is 117 Å². The van der Waals surface area contributed by atoms with Gasteiger partial charge in [-0.1, -0.05) is 50.6 Å². The second-order valence-electron chi connectivity index (χ2n) is 6.96. The molecule has 0 radical (unpaired) electrons. The van der Waals surface area contributed by atoms with E-state index in [9.17, 15) is 0 Å². The van der Waals surface area contributed by atoms with Gasteiger partial charge < -0.3 is 11.1 Å². The molecule has 2 unspecified atom stereocenters. The molecule has 19 heavy (non-hydrogen) atoms. The summed E-state index contributed by atoms with van der Waals surface area (Å²) in [4.78, 5) is 0. The van der Waals surface area contributed by atoms with Gasteiger partial charge in [-0.3, -0.25) is 0 Å². The average molecular weight is 260 g/mol. The summed E-state index contributed by atoms with van der Waals surface area (Å²) in [6.45, 7) is 7.71. The lowest BCUT2D eigenvalue weighted by molar-refractivity contribution is 0.115. The Kier molecular flexibility index (Phi) is 4.32. The lowest BCUT2D eigenvalue weighted by Crippen LogP contribution is -2.56. The molecule has 0 heterocycles. The van der Waals surface area contributed by atoms with Crippen molar-refractivity contribution in [2.24, 2.45) is 11.1 Å². The van der Waals surface area contributed by atoms with Crippen molar-refractivity contribution >= 4 is 0 Å². The third-order valence-corrected chi connectivity index (χ3v) is 4.54. The SMILES string of the molecule is CC(NC1(CN)CCCC(C)(C)C1)c1ccccc1. The first-order valence-electron chi connectivity index (χ1n) is 7.49. The zero-order valence-electron chi connectivity index (χ0n) is 12.6. The van der Waals surface area contributed by atoms with Crippen LogP contribution in [0.1, 0.15) is 58.1 Å². The van der Waals surface area contributed by atoms with Gasteiger partial charge >= 0.3 is 0 Å². The molecule has 2 atom stereocenters. The normalized spacial score (nSPS) is 28.0. The second-order valence-corrected chi connectivity index (χ2v) is 6.96. The lowest BCUT2D eigenvalue weighted by Gasteiger charge is -2.46. The van der Waals surface area contributed by atoms with Crippen molar-refractivity contribution in [3.8, 4) is 0 Å². The molecule has 0 spiro atoms. The molecule has 2 nitrogen and oxygen atoms in total. The molecule has 1 aliphatic rings. The van der Waals surface area contributed by atoms with Gasteiger partial charge in [-0.2, -0.15) is 0 Å². The quantitative estimate of drug-likeness (QED) is 0.867. The maximum absolute atomic E-state index is 6.12. The van der Waals surface area contributed by atoms with Crippen LogP contribution >= 0.6 is 0 Å². The van der Waals surface area contributed by atoms with Gasteiger partial charge in [-0.25, -0.2) is 0 Å². The van der Waals surface area contributed by atoms with E-state index in [2.05, 4.69) is 56.4 Å². The number of rotatable bonds is 4. The molecule has 0 amide bonds. The van der Waals surface area contributed by atoms with E-state index in [0.29, 0.717) is 11.5 Å². The summed E-state index contributed by atoms with van der Waals surface area (Å²) >= 11 is 0. The first kappa shape index (κ1) is 14.5. The van der Waals surface area contributed by atoms with Gasteiger partial charge in [0.05, 0.1) is 0 Å². The van der Waals surface area contributed by atoms with E-state index in [1.165, 1.54) is 31.2 Å². The Morgan fingerprint density at radius 3 is 2.47 bits per heavy atom. The zero-order valence-corrected chi connectivity index (χ0v) is 12.6. The Bertz CT molecular complexity index is 399. The molecule has 0 bridgehead atoms. The van der Waals surface area contributed by atoms with Crippen molar-refractivity contribution in [1.82, 2.24) is 5.32 Å². The highest BCUT2D eigenvalue weighted by Crippen LogP contribution is 2.41. The van der Waals surface area contributed by atoms with E-state index in [4.69, 9.17) is 5.73 Å². The maximum atomic E-state index is 6.12. The van der Waals surface area contributed by atoms with Gasteiger partial charge in [0.25, 0.3) is 0 Å². The fraction of sp³-hybridized carbons (Fsp3) is 0.647. The summed E-state index contributed by atoms with van der Waals surface area (Å²) in [5.41, 5.74) is 7.98. The molecule has 1 fully saturated rings. The molecule has 1 aromatic rings. The smallest absolute Gasteiger partial charge is 0.0314 e. The van der Waals surface area contributed by atoms with E-state index in [1.54, 1.807) is 0 Å². The van der Waals surface area contributed by atoms with Crippen LogP contribution in [0.25, 0.3) is 0 Å². The van der Waals surface area contributed by atoms with Gasteiger partial charge in [0.2, 0.25) is 0 Å². The molecule has 1 saturated carbocycles. The van der Waals surface area contributed by atoms with Crippen LogP contribution in [0.3, 0.4) is 0 Å². The minimum Gasteiger partial charge on any atom is -0.329 e. The average Bonchev–Trinajstić information content (AvgIpc) is 2.38. The van der Waals surface area contributed by atoms with E-state index < -0.39 is 0 Å². The number of hydrogen-bond acceptors (Lipinski definition) is 2. The van der Waals surface area contributed by atoms with Crippen molar-refractivity contribution in [2.75, 3.05) is 6.54 Å². The van der Waals surface area contributed by atoms with Crippen molar-refractivity contribution < 1.29 is 0 Å². The summed E-state index contributed by atoms with van der Waals surface area (Å²) < 4.78 is 0. The van der Waals surface area contributed by atoms with E-state index >= 15 is 0 Å². The first-order chi connectivity index (χ1) is 8.96. The van der Waals surface area contributed by atoms with Crippen LogP contribution in [0.15, 0.2) is 30.3 Å². The van der Waals surface area contributed by atoms with Crippen molar-refractivity contribution in [1.29, 1.82) is 0 Å². The molecule has 0 aliphatic heterocycles. The Balaban J connectivity index is 2.10. The van der Waals surface area contributed by atoms with Gasteiger partial charge in [0.15, 0.2) is 0 Å². The number of nitrogens with two attached hydrogens (primary N) is 1. The van der Waals surface area contributed by atoms with Gasteiger partial charge in [-0.05, 0) is 37.2 Å². The fourth-order valence-corrected chi connectivity index (χ4v) is 3.64. The van der Waals surface area contributed by atoms with Crippen molar-refractivity contribution in [3.05, 3.63) is 35.9 Å². The standard InChI is InChI=1S/C17H28N2/c1-14(15-8-5-4-6-9-15)19-17(13-18)11-7-10-16(2,3)12-17/h4-6,8-9,14,19H,7,10-13,18H2,1-3H3. The predicted octanol–water partition coefficient (Wildman–Crippen LogP) is 3.63.